The number of morpholine rings is 1. The third-order valence-electron chi connectivity index (χ3n) is 5.26. The Hall–Kier alpha value is -1.86. The van der Waals surface area contributed by atoms with Crippen LogP contribution >= 0.6 is 0 Å². The number of amides is 1. The summed E-state index contributed by atoms with van der Waals surface area (Å²) in [6.07, 6.45) is 0.710. The lowest BCUT2D eigenvalue weighted by Gasteiger charge is -2.38. The molecule has 28 heavy (non-hydrogen) atoms. The Kier molecular flexibility index (Phi) is 6.45. The molecule has 0 radical (unpaired) electrons. The highest BCUT2D eigenvalue weighted by Crippen LogP contribution is 2.30. The molecule has 2 saturated heterocycles. The molecule has 3 atom stereocenters. The Morgan fingerprint density at radius 1 is 1.25 bits per heavy atom. The van der Waals surface area contributed by atoms with Crippen LogP contribution in [0.5, 0.6) is 0 Å². The van der Waals surface area contributed by atoms with Gasteiger partial charge in [-0.15, -0.1) is 0 Å². The summed E-state index contributed by atoms with van der Waals surface area (Å²) >= 11 is 0. The van der Waals surface area contributed by atoms with E-state index in [1.165, 1.54) is 18.2 Å². The molecule has 1 amide bonds. The smallest absolute Gasteiger partial charge is 0.373 e. The summed E-state index contributed by atoms with van der Waals surface area (Å²) in [5.41, 5.74) is -0.341. The van der Waals surface area contributed by atoms with Crippen molar-refractivity contribution in [2.75, 3.05) is 26.2 Å². The maximum Gasteiger partial charge on any atom is 0.416 e. The number of hydrogen-bond donors (Lipinski definition) is 0. The van der Waals surface area contributed by atoms with Crippen LogP contribution in [0.4, 0.5) is 13.2 Å². The maximum atomic E-state index is 12.8. The van der Waals surface area contributed by atoms with Crippen molar-refractivity contribution >= 4 is 12.0 Å². The second kappa shape index (κ2) is 8.66. The molecule has 2 fully saturated rings. The Bertz CT molecular complexity index is 710. The first kappa shape index (κ1) is 20.9. The van der Waals surface area contributed by atoms with Gasteiger partial charge in [-0.05, 0) is 50.5 Å². The molecule has 2 aliphatic heterocycles. The third kappa shape index (κ3) is 5.35. The van der Waals surface area contributed by atoms with Gasteiger partial charge in [-0.2, -0.15) is 13.2 Å². The van der Waals surface area contributed by atoms with E-state index in [0.717, 1.165) is 44.6 Å². The number of alkyl halides is 3. The van der Waals surface area contributed by atoms with Crippen LogP contribution in [0, 0.1) is 0 Å². The molecular formula is C21H27F3N2O2. The van der Waals surface area contributed by atoms with Gasteiger partial charge in [0.05, 0.1) is 17.8 Å². The van der Waals surface area contributed by atoms with E-state index in [1.54, 1.807) is 6.07 Å². The summed E-state index contributed by atoms with van der Waals surface area (Å²) in [4.78, 5) is 16.8. The number of carbonyl (C=O) groups excluding carboxylic acids is 1. The number of likely N-dealkylation sites (tertiary alicyclic amines) is 1. The normalized spacial score (nSPS) is 26.9. The molecule has 4 nitrogen and oxygen atoms in total. The van der Waals surface area contributed by atoms with Gasteiger partial charge in [-0.25, -0.2) is 0 Å². The first-order valence-electron chi connectivity index (χ1n) is 9.76. The Labute approximate surface area is 163 Å². The zero-order valence-corrected chi connectivity index (χ0v) is 16.3. The minimum atomic E-state index is -4.39. The van der Waals surface area contributed by atoms with Gasteiger partial charge in [0.25, 0.3) is 0 Å². The Balaban J connectivity index is 1.62. The fraction of sp³-hybridized carbons (Fsp3) is 0.571. The lowest BCUT2D eigenvalue weighted by Crippen LogP contribution is -2.50. The third-order valence-corrected chi connectivity index (χ3v) is 5.26. The standard InChI is InChI=1S/C21H27F3N2O2/c1-15-12-25(13-16(2)28-15)14-19-7-4-10-26(19)20(27)9-8-17-5-3-6-18(11-17)21(22,23)24/h3,5-6,8-9,11,15-16,19H,4,7,10,12-14H2,1-2H3/b9-8-/t15-,16-,19+/m1/s1. The molecule has 0 aromatic heterocycles. The fourth-order valence-corrected chi connectivity index (χ4v) is 4.13. The van der Waals surface area contributed by atoms with Crippen LogP contribution in [0.1, 0.15) is 37.8 Å². The number of ether oxygens (including phenoxy) is 1. The molecule has 154 valence electrons. The molecule has 0 unspecified atom stereocenters. The van der Waals surface area contributed by atoms with Crippen molar-refractivity contribution in [3.05, 3.63) is 41.5 Å². The topological polar surface area (TPSA) is 32.8 Å². The Morgan fingerprint density at radius 2 is 1.96 bits per heavy atom. The van der Waals surface area contributed by atoms with Crippen molar-refractivity contribution in [3.8, 4) is 0 Å². The first-order valence-corrected chi connectivity index (χ1v) is 9.76. The highest BCUT2D eigenvalue weighted by molar-refractivity contribution is 5.92. The van der Waals surface area contributed by atoms with Crippen molar-refractivity contribution in [3.63, 3.8) is 0 Å². The van der Waals surface area contributed by atoms with Crippen molar-refractivity contribution < 1.29 is 22.7 Å². The largest absolute Gasteiger partial charge is 0.416 e. The summed E-state index contributed by atoms with van der Waals surface area (Å²) in [7, 11) is 0. The molecule has 0 saturated carbocycles. The second-order valence-electron chi connectivity index (χ2n) is 7.76. The number of hydrogen-bond acceptors (Lipinski definition) is 3. The zero-order valence-electron chi connectivity index (χ0n) is 16.3. The predicted molar refractivity (Wildman–Crippen MR) is 102 cm³/mol. The van der Waals surface area contributed by atoms with Crippen LogP contribution in [-0.2, 0) is 15.7 Å². The molecular weight excluding hydrogens is 369 g/mol. The summed E-state index contributed by atoms with van der Waals surface area (Å²) in [6.45, 7) is 7.30. The second-order valence-corrected chi connectivity index (χ2v) is 7.76. The lowest BCUT2D eigenvalue weighted by molar-refractivity contribution is -0.137. The summed E-state index contributed by atoms with van der Waals surface area (Å²) < 4.78 is 44.2. The minimum absolute atomic E-state index is 0.135. The van der Waals surface area contributed by atoms with E-state index in [-0.39, 0.29) is 24.2 Å². The molecule has 1 aromatic carbocycles. The Morgan fingerprint density at radius 3 is 2.64 bits per heavy atom. The highest BCUT2D eigenvalue weighted by atomic mass is 19.4. The highest BCUT2D eigenvalue weighted by Gasteiger charge is 2.32. The monoisotopic (exact) mass is 396 g/mol. The van der Waals surface area contributed by atoms with Crippen molar-refractivity contribution in [2.24, 2.45) is 0 Å². The summed E-state index contributed by atoms with van der Waals surface area (Å²) in [6, 6.07) is 5.14. The van der Waals surface area contributed by atoms with Crippen molar-refractivity contribution in [1.82, 2.24) is 9.80 Å². The van der Waals surface area contributed by atoms with Gasteiger partial charge in [0.1, 0.15) is 0 Å². The molecule has 0 aliphatic carbocycles. The van der Waals surface area contributed by atoms with Gasteiger partial charge < -0.3 is 9.64 Å². The lowest BCUT2D eigenvalue weighted by atomic mass is 10.1. The molecule has 2 heterocycles. The van der Waals surface area contributed by atoms with Crippen molar-refractivity contribution in [1.29, 1.82) is 0 Å². The molecule has 0 N–H and O–H groups in total. The van der Waals surface area contributed by atoms with Gasteiger partial charge >= 0.3 is 6.18 Å². The number of benzene rings is 1. The van der Waals surface area contributed by atoms with Gasteiger partial charge in [0.2, 0.25) is 5.91 Å². The van der Waals surface area contributed by atoms with Crippen LogP contribution in [-0.4, -0.2) is 60.1 Å². The predicted octanol–water partition coefficient (Wildman–Crippen LogP) is 3.82. The van der Waals surface area contributed by atoms with Crippen molar-refractivity contribution in [2.45, 2.75) is 51.1 Å². The van der Waals surface area contributed by atoms with Gasteiger partial charge in [-0.3, -0.25) is 9.69 Å². The van der Waals surface area contributed by atoms with E-state index in [9.17, 15) is 18.0 Å². The van der Waals surface area contributed by atoms with Crippen LogP contribution in [0.3, 0.4) is 0 Å². The quantitative estimate of drug-likeness (QED) is 0.726. The number of carbonyl (C=O) groups is 1. The fourth-order valence-electron chi connectivity index (χ4n) is 4.13. The van der Waals surface area contributed by atoms with Crippen LogP contribution < -0.4 is 0 Å². The number of rotatable bonds is 4. The van der Waals surface area contributed by atoms with Gasteiger partial charge in [-0.1, -0.05) is 12.1 Å². The van der Waals surface area contributed by atoms with Crippen LogP contribution in [0.25, 0.3) is 6.08 Å². The summed E-state index contributed by atoms with van der Waals surface area (Å²) in [5, 5.41) is 0. The van der Waals surface area contributed by atoms with Crippen LogP contribution in [0.2, 0.25) is 0 Å². The average molecular weight is 396 g/mol. The first-order chi connectivity index (χ1) is 13.2. The van der Waals surface area contributed by atoms with E-state index >= 15 is 0 Å². The SMILES string of the molecule is C[C@@H]1CN(C[C@@H]2CCCN2C(=O)/C=C\c2cccc(C(F)(F)F)c2)C[C@@H](C)O1. The van der Waals surface area contributed by atoms with E-state index in [2.05, 4.69) is 18.7 Å². The number of halogens is 3. The van der Waals surface area contributed by atoms with Crippen LogP contribution in [0.15, 0.2) is 30.3 Å². The molecule has 7 heteroatoms. The van der Waals surface area contributed by atoms with Gasteiger partial charge in [0.15, 0.2) is 0 Å². The van der Waals surface area contributed by atoms with Gasteiger partial charge in [0, 0.05) is 38.3 Å². The number of nitrogens with zero attached hydrogens (tertiary/aromatic N) is 2. The molecule has 3 rings (SSSR count). The minimum Gasteiger partial charge on any atom is -0.373 e. The van der Waals surface area contributed by atoms with E-state index in [0.29, 0.717) is 12.1 Å². The zero-order chi connectivity index (χ0) is 20.3. The average Bonchev–Trinajstić information content (AvgIpc) is 3.06. The molecule has 0 bridgehead atoms. The summed E-state index contributed by atoms with van der Waals surface area (Å²) in [5.74, 6) is -0.144. The molecule has 2 aliphatic rings. The van der Waals surface area contributed by atoms with E-state index < -0.39 is 11.7 Å². The van der Waals surface area contributed by atoms with E-state index in [4.69, 9.17) is 4.74 Å². The molecule has 1 aromatic rings. The molecule has 0 spiro atoms. The maximum absolute atomic E-state index is 12.8. The van der Waals surface area contributed by atoms with E-state index in [1.807, 2.05) is 4.90 Å².